The predicted octanol–water partition coefficient (Wildman–Crippen LogP) is 0.788. The highest BCUT2D eigenvalue weighted by Gasteiger charge is 2.16. The molecule has 0 saturated heterocycles. The Hall–Kier alpha value is -1.93. The zero-order valence-corrected chi connectivity index (χ0v) is 14.2. The minimum atomic E-state index is -3.43. The van der Waals surface area contributed by atoms with E-state index in [9.17, 15) is 18.0 Å². The quantitative estimate of drug-likeness (QED) is 0.701. The molecule has 1 amide bonds. The first-order valence-corrected chi connectivity index (χ1v) is 8.65. The van der Waals surface area contributed by atoms with E-state index in [0.717, 1.165) is 0 Å². The molecule has 0 heterocycles. The number of esters is 1. The van der Waals surface area contributed by atoms with Gasteiger partial charge in [0.25, 0.3) is 5.91 Å². The van der Waals surface area contributed by atoms with Gasteiger partial charge < -0.3 is 14.8 Å². The van der Waals surface area contributed by atoms with Crippen LogP contribution < -0.4 is 5.32 Å². The molecule has 0 bridgehead atoms. The first-order valence-electron chi connectivity index (χ1n) is 6.99. The van der Waals surface area contributed by atoms with Crippen molar-refractivity contribution in [1.29, 1.82) is 0 Å². The maximum Gasteiger partial charge on any atom is 0.307 e. The maximum absolute atomic E-state index is 12.0. The van der Waals surface area contributed by atoms with Gasteiger partial charge in [-0.15, -0.1) is 0 Å². The molecule has 0 aliphatic heterocycles. The molecule has 1 rings (SSSR count). The van der Waals surface area contributed by atoms with Gasteiger partial charge >= 0.3 is 5.97 Å². The second kappa shape index (κ2) is 8.64. The molecule has 0 unspecified atom stereocenters. The number of carbonyl (C=O) groups is 2. The molecule has 1 atom stereocenters. The first kappa shape index (κ1) is 19.1. The van der Waals surface area contributed by atoms with Crippen LogP contribution in [-0.4, -0.2) is 52.9 Å². The van der Waals surface area contributed by atoms with Crippen LogP contribution in [0, 0.1) is 0 Å². The second-order valence-corrected chi connectivity index (χ2v) is 7.10. The standard InChI is InChI=1S/C15H21NO6S/c1-11(10-14(17)22-3)16-15(18)12-4-6-13(7-5-12)23(19,20)9-8-21-2/h4-7,11H,8-10H2,1-3H3,(H,16,18)/t11-/m0/s1. The second-order valence-electron chi connectivity index (χ2n) is 4.99. The van der Waals surface area contributed by atoms with Crippen molar-refractivity contribution in [2.24, 2.45) is 0 Å². The Labute approximate surface area is 135 Å². The third-order valence-electron chi connectivity index (χ3n) is 3.11. The van der Waals surface area contributed by atoms with Crippen molar-refractivity contribution >= 4 is 21.7 Å². The van der Waals surface area contributed by atoms with Crippen LogP contribution in [0.25, 0.3) is 0 Å². The van der Waals surface area contributed by atoms with Crippen molar-refractivity contribution in [2.75, 3.05) is 26.6 Å². The topological polar surface area (TPSA) is 98.8 Å². The Balaban J connectivity index is 2.72. The van der Waals surface area contributed by atoms with Crippen molar-refractivity contribution in [2.45, 2.75) is 24.3 Å². The molecule has 0 aliphatic carbocycles. The third-order valence-corrected chi connectivity index (χ3v) is 4.80. The summed E-state index contributed by atoms with van der Waals surface area (Å²) < 4.78 is 33.2. The summed E-state index contributed by atoms with van der Waals surface area (Å²) in [6.07, 6.45) is 0.0612. The predicted molar refractivity (Wildman–Crippen MR) is 83.9 cm³/mol. The maximum atomic E-state index is 12.0. The Morgan fingerprint density at radius 1 is 1.17 bits per heavy atom. The molecule has 0 radical (unpaired) electrons. The van der Waals surface area contributed by atoms with E-state index in [2.05, 4.69) is 10.1 Å². The SMILES string of the molecule is COCCS(=O)(=O)c1ccc(C(=O)N[C@@H](C)CC(=O)OC)cc1. The molecule has 23 heavy (non-hydrogen) atoms. The number of sulfone groups is 1. The minimum Gasteiger partial charge on any atom is -0.469 e. The zero-order chi connectivity index (χ0) is 17.5. The van der Waals surface area contributed by atoms with Crippen LogP contribution in [-0.2, 0) is 24.1 Å². The summed E-state index contributed by atoms with van der Waals surface area (Å²) in [5.41, 5.74) is 0.312. The lowest BCUT2D eigenvalue weighted by Crippen LogP contribution is -2.34. The van der Waals surface area contributed by atoms with Crippen molar-refractivity contribution in [3.63, 3.8) is 0 Å². The van der Waals surface area contributed by atoms with Gasteiger partial charge in [-0.2, -0.15) is 0 Å². The number of benzene rings is 1. The molecule has 128 valence electrons. The zero-order valence-electron chi connectivity index (χ0n) is 13.4. The van der Waals surface area contributed by atoms with Gasteiger partial charge in [-0.1, -0.05) is 0 Å². The van der Waals surface area contributed by atoms with Crippen LogP contribution in [0.5, 0.6) is 0 Å². The van der Waals surface area contributed by atoms with Gasteiger partial charge in [0.15, 0.2) is 9.84 Å². The number of nitrogens with one attached hydrogen (secondary N) is 1. The van der Waals surface area contributed by atoms with E-state index in [0.29, 0.717) is 5.56 Å². The molecule has 1 aromatic rings. The van der Waals surface area contributed by atoms with E-state index >= 15 is 0 Å². The van der Waals surface area contributed by atoms with Crippen LogP contribution in [0.3, 0.4) is 0 Å². The van der Waals surface area contributed by atoms with E-state index in [-0.39, 0.29) is 35.6 Å². The third kappa shape index (κ3) is 5.99. The van der Waals surface area contributed by atoms with E-state index in [4.69, 9.17) is 4.74 Å². The summed E-state index contributed by atoms with van der Waals surface area (Å²) in [6.45, 7) is 1.79. The summed E-state index contributed by atoms with van der Waals surface area (Å²) >= 11 is 0. The fraction of sp³-hybridized carbons (Fsp3) is 0.467. The van der Waals surface area contributed by atoms with Gasteiger partial charge in [0.1, 0.15) is 0 Å². The van der Waals surface area contributed by atoms with E-state index in [1.807, 2.05) is 0 Å². The van der Waals surface area contributed by atoms with Gasteiger partial charge in [0.05, 0.1) is 30.8 Å². The lowest BCUT2D eigenvalue weighted by Gasteiger charge is -2.13. The number of rotatable bonds is 8. The highest BCUT2D eigenvalue weighted by atomic mass is 32.2. The van der Waals surface area contributed by atoms with Gasteiger partial charge in [-0.05, 0) is 31.2 Å². The molecule has 8 heteroatoms. The van der Waals surface area contributed by atoms with Crippen LogP contribution in [0.4, 0.5) is 0 Å². The van der Waals surface area contributed by atoms with E-state index in [1.54, 1.807) is 6.92 Å². The van der Waals surface area contributed by atoms with Crippen molar-refractivity contribution in [3.05, 3.63) is 29.8 Å². The van der Waals surface area contributed by atoms with Crippen LogP contribution in [0.2, 0.25) is 0 Å². The van der Waals surface area contributed by atoms with Crippen LogP contribution in [0.1, 0.15) is 23.7 Å². The molecular weight excluding hydrogens is 322 g/mol. The fourth-order valence-electron chi connectivity index (χ4n) is 1.82. The lowest BCUT2D eigenvalue weighted by molar-refractivity contribution is -0.141. The largest absolute Gasteiger partial charge is 0.469 e. The summed E-state index contributed by atoms with van der Waals surface area (Å²) in [5, 5.41) is 2.64. The van der Waals surface area contributed by atoms with E-state index < -0.39 is 15.8 Å². The number of hydrogen-bond donors (Lipinski definition) is 1. The first-order chi connectivity index (χ1) is 10.8. The Morgan fingerprint density at radius 3 is 2.30 bits per heavy atom. The Morgan fingerprint density at radius 2 is 1.78 bits per heavy atom. The van der Waals surface area contributed by atoms with Crippen molar-refractivity contribution in [1.82, 2.24) is 5.32 Å². The molecule has 0 spiro atoms. The summed E-state index contributed by atoms with van der Waals surface area (Å²) in [7, 11) is -0.719. The molecule has 0 aromatic heterocycles. The Bertz CT molecular complexity index is 638. The molecule has 1 N–H and O–H groups in total. The van der Waals surface area contributed by atoms with Gasteiger partial charge in [-0.25, -0.2) is 8.42 Å². The lowest BCUT2D eigenvalue weighted by atomic mass is 10.2. The number of hydrogen-bond acceptors (Lipinski definition) is 6. The normalized spacial score (nSPS) is 12.5. The average molecular weight is 343 g/mol. The summed E-state index contributed by atoms with van der Waals surface area (Å²) in [4.78, 5) is 23.3. The van der Waals surface area contributed by atoms with Gasteiger partial charge in [-0.3, -0.25) is 9.59 Å². The molecule has 7 nitrogen and oxygen atoms in total. The van der Waals surface area contributed by atoms with Gasteiger partial charge in [0.2, 0.25) is 0 Å². The number of methoxy groups -OCH3 is 2. The van der Waals surface area contributed by atoms with Crippen molar-refractivity contribution < 1.29 is 27.5 Å². The molecule has 0 aliphatic rings. The summed E-state index contributed by atoms with van der Waals surface area (Å²) in [5.74, 6) is -0.926. The number of amides is 1. The average Bonchev–Trinajstić information content (AvgIpc) is 2.52. The van der Waals surface area contributed by atoms with Crippen LogP contribution >= 0.6 is 0 Å². The minimum absolute atomic E-state index is 0.0612. The number of ether oxygens (including phenoxy) is 2. The monoisotopic (exact) mass is 343 g/mol. The number of carbonyl (C=O) groups excluding carboxylic acids is 2. The smallest absolute Gasteiger partial charge is 0.307 e. The molecular formula is C15H21NO6S. The summed E-state index contributed by atoms with van der Waals surface area (Å²) in [6, 6.07) is 5.23. The molecule has 0 fully saturated rings. The van der Waals surface area contributed by atoms with E-state index in [1.165, 1.54) is 38.5 Å². The molecule has 0 saturated carbocycles. The van der Waals surface area contributed by atoms with Crippen LogP contribution in [0.15, 0.2) is 29.2 Å². The van der Waals surface area contributed by atoms with Gasteiger partial charge in [0, 0.05) is 18.7 Å². The van der Waals surface area contributed by atoms with Crippen molar-refractivity contribution in [3.8, 4) is 0 Å². The molecule has 1 aromatic carbocycles. The fourth-order valence-corrected chi connectivity index (χ4v) is 2.99. The Kier molecular flexibility index (Phi) is 7.18. The highest BCUT2D eigenvalue weighted by Crippen LogP contribution is 2.13. The highest BCUT2D eigenvalue weighted by molar-refractivity contribution is 7.91.